The van der Waals surface area contributed by atoms with Crippen molar-refractivity contribution < 1.29 is 12.8 Å². The van der Waals surface area contributed by atoms with Crippen molar-refractivity contribution in [2.45, 2.75) is 19.3 Å². The molecule has 0 bridgehead atoms. The van der Waals surface area contributed by atoms with E-state index in [4.69, 9.17) is 5.26 Å². The Labute approximate surface area is 124 Å². The third-order valence-electron chi connectivity index (χ3n) is 3.53. The zero-order valence-electron chi connectivity index (χ0n) is 11.9. The fraction of sp³-hybridized carbons (Fsp3) is 0.500. The summed E-state index contributed by atoms with van der Waals surface area (Å²) < 4.78 is 39.6. The lowest BCUT2D eigenvalue weighted by molar-refractivity contribution is 0.584. The summed E-state index contributed by atoms with van der Waals surface area (Å²) in [7, 11) is -1.62. The molecule has 0 spiro atoms. The number of unbranched alkanes of at least 4 members (excludes halogenated alkanes) is 2. The smallest absolute Gasteiger partial charge is 0.235 e. The highest BCUT2D eigenvalue weighted by molar-refractivity contribution is 7.92. The van der Waals surface area contributed by atoms with Crippen LogP contribution in [0.5, 0.6) is 0 Å². The number of hydrogen-bond acceptors (Lipinski definition) is 4. The van der Waals surface area contributed by atoms with Gasteiger partial charge in [-0.3, -0.25) is 4.31 Å². The van der Waals surface area contributed by atoms with E-state index < -0.39 is 10.0 Å². The summed E-state index contributed by atoms with van der Waals surface area (Å²) in [6.07, 6.45) is 1.39. The number of benzene rings is 1. The van der Waals surface area contributed by atoms with Crippen LogP contribution in [0.25, 0.3) is 0 Å². The van der Waals surface area contributed by atoms with Crippen LogP contribution in [0.4, 0.5) is 15.8 Å². The highest BCUT2D eigenvalue weighted by Gasteiger charge is 2.29. The first-order chi connectivity index (χ1) is 9.95. The Morgan fingerprint density at radius 2 is 2.05 bits per heavy atom. The molecule has 1 aliphatic rings. The standard InChI is InChI=1S/C14H18FN3O2S/c1-17-8-9-18(13-6-5-12(15)11-14(13)17)21(19,20)10-4-2-3-7-16/h5-6,11H,2-4,8-10H2,1H3. The highest BCUT2D eigenvalue weighted by atomic mass is 32.2. The summed E-state index contributed by atoms with van der Waals surface area (Å²) in [4.78, 5) is 1.85. The predicted molar refractivity (Wildman–Crippen MR) is 80.3 cm³/mol. The zero-order valence-corrected chi connectivity index (χ0v) is 12.7. The van der Waals surface area contributed by atoms with Crippen LogP contribution in [0.15, 0.2) is 18.2 Å². The summed E-state index contributed by atoms with van der Waals surface area (Å²) in [5.41, 5.74) is 1.10. The van der Waals surface area contributed by atoms with Crippen molar-refractivity contribution in [2.75, 3.05) is 35.1 Å². The fourth-order valence-corrected chi connectivity index (χ4v) is 3.99. The van der Waals surface area contributed by atoms with Gasteiger partial charge in [-0.15, -0.1) is 0 Å². The third-order valence-corrected chi connectivity index (χ3v) is 5.39. The SMILES string of the molecule is CN1CCN(S(=O)(=O)CCCCC#N)c2ccc(F)cc21. The van der Waals surface area contributed by atoms with Gasteiger partial charge in [0.1, 0.15) is 5.82 Å². The van der Waals surface area contributed by atoms with E-state index in [1.54, 1.807) is 0 Å². The van der Waals surface area contributed by atoms with E-state index in [1.807, 2.05) is 18.0 Å². The maximum atomic E-state index is 13.4. The maximum absolute atomic E-state index is 13.4. The van der Waals surface area contributed by atoms with Gasteiger partial charge in [-0.05, 0) is 31.0 Å². The third kappa shape index (κ3) is 3.45. The summed E-state index contributed by atoms with van der Waals surface area (Å²) in [6, 6.07) is 6.14. The van der Waals surface area contributed by atoms with Crippen molar-refractivity contribution in [3.05, 3.63) is 24.0 Å². The molecule has 0 N–H and O–H groups in total. The molecule has 0 unspecified atom stereocenters. The van der Waals surface area contributed by atoms with Crippen LogP contribution in [-0.2, 0) is 10.0 Å². The summed E-state index contributed by atoms with van der Waals surface area (Å²) >= 11 is 0. The molecule has 2 rings (SSSR count). The lowest BCUT2D eigenvalue weighted by Gasteiger charge is -2.36. The number of halogens is 1. The van der Waals surface area contributed by atoms with Gasteiger partial charge in [0, 0.05) is 20.0 Å². The summed E-state index contributed by atoms with van der Waals surface area (Å²) in [5, 5.41) is 8.48. The Kier molecular flexibility index (Phi) is 4.68. The first kappa shape index (κ1) is 15.6. The molecule has 21 heavy (non-hydrogen) atoms. The number of fused-ring (bicyclic) bond motifs is 1. The molecular formula is C14H18FN3O2S. The molecule has 0 radical (unpaired) electrons. The molecule has 0 aromatic heterocycles. The maximum Gasteiger partial charge on any atom is 0.235 e. The van der Waals surface area contributed by atoms with Crippen LogP contribution in [-0.4, -0.2) is 34.3 Å². The number of likely N-dealkylation sites (N-methyl/N-ethyl adjacent to an activating group) is 1. The molecular weight excluding hydrogens is 293 g/mol. The second-order valence-corrected chi connectivity index (χ2v) is 7.07. The molecule has 1 heterocycles. The Hall–Kier alpha value is -1.81. The summed E-state index contributed by atoms with van der Waals surface area (Å²) in [6.45, 7) is 0.879. The van der Waals surface area contributed by atoms with Gasteiger partial charge in [0.05, 0.1) is 29.7 Å². The molecule has 1 aromatic carbocycles. The van der Waals surface area contributed by atoms with Crippen molar-refractivity contribution in [3.63, 3.8) is 0 Å². The minimum absolute atomic E-state index is 0.00914. The van der Waals surface area contributed by atoms with Gasteiger partial charge in [-0.25, -0.2) is 12.8 Å². The quantitative estimate of drug-likeness (QED) is 0.781. The highest BCUT2D eigenvalue weighted by Crippen LogP contribution is 2.34. The van der Waals surface area contributed by atoms with Crippen molar-refractivity contribution >= 4 is 21.4 Å². The number of nitriles is 1. The normalized spacial score (nSPS) is 14.7. The van der Waals surface area contributed by atoms with Crippen LogP contribution in [0.2, 0.25) is 0 Å². The number of nitrogens with zero attached hydrogens (tertiary/aromatic N) is 3. The fourth-order valence-electron chi connectivity index (χ4n) is 2.38. The average Bonchev–Trinajstić information content (AvgIpc) is 2.44. The van der Waals surface area contributed by atoms with Gasteiger partial charge >= 0.3 is 0 Å². The number of hydrogen-bond donors (Lipinski definition) is 0. The van der Waals surface area contributed by atoms with Gasteiger partial charge < -0.3 is 4.90 Å². The van der Waals surface area contributed by atoms with Crippen LogP contribution < -0.4 is 9.21 Å². The Bertz CT molecular complexity index is 655. The second kappa shape index (κ2) is 6.31. The van der Waals surface area contributed by atoms with Crippen LogP contribution >= 0.6 is 0 Å². The number of rotatable bonds is 5. The lowest BCUT2D eigenvalue weighted by Crippen LogP contribution is -2.43. The number of anilines is 2. The second-order valence-electron chi connectivity index (χ2n) is 5.06. The Morgan fingerprint density at radius 3 is 2.76 bits per heavy atom. The molecule has 0 amide bonds. The Morgan fingerprint density at radius 1 is 1.29 bits per heavy atom. The predicted octanol–water partition coefficient (Wildman–Crippen LogP) is 2.11. The minimum Gasteiger partial charge on any atom is -0.371 e. The average molecular weight is 311 g/mol. The van der Waals surface area contributed by atoms with Crippen molar-refractivity contribution in [1.29, 1.82) is 5.26 Å². The molecule has 0 saturated heterocycles. The van der Waals surface area contributed by atoms with E-state index >= 15 is 0 Å². The van der Waals surface area contributed by atoms with E-state index in [1.165, 1.54) is 22.5 Å². The monoisotopic (exact) mass is 311 g/mol. The van der Waals surface area contributed by atoms with Gasteiger partial charge in [0.15, 0.2) is 0 Å². The van der Waals surface area contributed by atoms with Crippen molar-refractivity contribution in [3.8, 4) is 6.07 Å². The van der Waals surface area contributed by atoms with Crippen LogP contribution in [0.1, 0.15) is 19.3 Å². The molecule has 0 saturated carbocycles. The van der Waals surface area contributed by atoms with Crippen LogP contribution in [0, 0.1) is 17.1 Å². The molecule has 1 aliphatic heterocycles. The zero-order chi connectivity index (χ0) is 15.5. The summed E-state index contributed by atoms with van der Waals surface area (Å²) in [5.74, 6) is -0.372. The molecule has 0 aliphatic carbocycles. The molecule has 1 aromatic rings. The van der Waals surface area contributed by atoms with Gasteiger partial charge in [0.2, 0.25) is 10.0 Å². The van der Waals surface area contributed by atoms with Crippen molar-refractivity contribution in [1.82, 2.24) is 0 Å². The van der Waals surface area contributed by atoms with Gasteiger partial charge in [0.25, 0.3) is 0 Å². The molecule has 0 atom stereocenters. The molecule has 0 fully saturated rings. The van der Waals surface area contributed by atoms with E-state index in [2.05, 4.69) is 0 Å². The van der Waals surface area contributed by atoms with E-state index in [9.17, 15) is 12.8 Å². The topological polar surface area (TPSA) is 64.4 Å². The van der Waals surface area contributed by atoms with Crippen LogP contribution in [0.3, 0.4) is 0 Å². The van der Waals surface area contributed by atoms with Gasteiger partial charge in [-0.1, -0.05) is 0 Å². The lowest BCUT2D eigenvalue weighted by atomic mass is 10.2. The first-order valence-electron chi connectivity index (χ1n) is 6.84. The molecule has 7 heteroatoms. The van der Waals surface area contributed by atoms with Crippen molar-refractivity contribution in [2.24, 2.45) is 0 Å². The largest absolute Gasteiger partial charge is 0.371 e. The molecule has 5 nitrogen and oxygen atoms in total. The number of sulfonamides is 1. The first-order valence-corrected chi connectivity index (χ1v) is 8.44. The van der Waals surface area contributed by atoms with E-state index in [0.717, 1.165) is 0 Å². The molecule has 114 valence electrons. The Balaban J connectivity index is 2.22. The minimum atomic E-state index is -3.44. The van der Waals surface area contributed by atoms with E-state index in [0.29, 0.717) is 43.7 Å². The van der Waals surface area contributed by atoms with E-state index in [-0.39, 0.29) is 11.6 Å². The van der Waals surface area contributed by atoms with Gasteiger partial charge in [-0.2, -0.15) is 5.26 Å².